The van der Waals surface area contributed by atoms with Gasteiger partial charge in [-0.05, 0) is 23.3 Å². The van der Waals surface area contributed by atoms with Gasteiger partial charge in [0.1, 0.15) is 5.92 Å². The molecule has 0 radical (unpaired) electrons. The van der Waals surface area contributed by atoms with E-state index in [0.29, 0.717) is 12.5 Å². The van der Waals surface area contributed by atoms with Crippen LogP contribution < -0.4 is 11.1 Å². The Balaban J connectivity index is 2.52. The molecule has 0 heterocycles. The average molecular weight is 281 g/mol. The molecule has 4 N–H and O–H groups in total. The zero-order valence-electron chi connectivity index (χ0n) is 11.7. The highest BCUT2D eigenvalue weighted by Crippen LogP contribution is 2.67. The molecule has 7 heteroatoms. The second-order valence-electron chi connectivity index (χ2n) is 6.27. The second-order valence-corrected chi connectivity index (χ2v) is 6.27. The smallest absolute Gasteiger partial charge is 0.400 e. The van der Waals surface area contributed by atoms with Crippen LogP contribution in [0.2, 0.25) is 0 Å². The van der Waals surface area contributed by atoms with E-state index in [2.05, 4.69) is 38.2 Å². The minimum Gasteiger partial charge on any atom is -0.409 e. The normalized spacial score (nSPS) is 24.3. The predicted molar refractivity (Wildman–Crippen MR) is 66.9 cm³/mol. The zero-order valence-corrected chi connectivity index (χ0v) is 11.7. The van der Waals surface area contributed by atoms with Gasteiger partial charge in [-0.2, -0.15) is 13.2 Å². The number of nitrogens with zero attached hydrogens (tertiary/aromatic N) is 1. The molecule has 1 saturated carbocycles. The van der Waals surface area contributed by atoms with Crippen LogP contribution in [-0.4, -0.2) is 30.3 Å². The fourth-order valence-electron chi connectivity index (χ4n) is 2.67. The largest absolute Gasteiger partial charge is 0.409 e. The standard InChI is InChI=1S/C12H22F3N3O/c1-10(2)8(11(10,3)4)6-17-5-7(9(16)18-19)12(13,14)15/h7-8,17,19H,5-6H2,1-4H3,(H2,16,18). The van der Waals surface area contributed by atoms with Crippen LogP contribution in [0.1, 0.15) is 27.7 Å². The van der Waals surface area contributed by atoms with Gasteiger partial charge in [0.2, 0.25) is 0 Å². The van der Waals surface area contributed by atoms with Gasteiger partial charge in [0.05, 0.1) is 0 Å². The minimum atomic E-state index is -4.52. The molecular weight excluding hydrogens is 259 g/mol. The lowest BCUT2D eigenvalue weighted by atomic mass is 10.0. The van der Waals surface area contributed by atoms with Gasteiger partial charge in [-0.1, -0.05) is 32.9 Å². The lowest BCUT2D eigenvalue weighted by Crippen LogP contribution is -2.43. The molecule has 1 aliphatic rings. The molecule has 0 aromatic carbocycles. The summed E-state index contributed by atoms with van der Waals surface area (Å²) in [4.78, 5) is 0. The molecule has 1 atom stereocenters. The number of halogens is 3. The van der Waals surface area contributed by atoms with Crippen LogP contribution in [0.4, 0.5) is 13.2 Å². The molecule has 0 spiro atoms. The van der Waals surface area contributed by atoms with E-state index in [1.807, 2.05) is 0 Å². The quantitative estimate of drug-likeness (QED) is 0.313. The van der Waals surface area contributed by atoms with E-state index in [1.54, 1.807) is 0 Å². The average Bonchev–Trinajstić information content (AvgIpc) is 2.63. The summed E-state index contributed by atoms with van der Waals surface area (Å²) in [7, 11) is 0. The molecule has 0 aliphatic heterocycles. The Morgan fingerprint density at radius 1 is 1.32 bits per heavy atom. The number of hydrogen-bond acceptors (Lipinski definition) is 3. The van der Waals surface area contributed by atoms with Crippen LogP contribution in [0.25, 0.3) is 0 Å². The van der Waals surface area contributed by atoms with Crippen LogP contribution in [0, 0.1) is 22.7 Å². The van der Waals surface area contributed by atoms with E-state index in [-0.39, 0.29) is 17.4 Å². The van der Waals surface area contributed by atoms with E-state index < -0.39 is 17.9 Å². The molecule has 1 fully saturated rings. The zero-order chi connectivity index (χ0) is 15.1. The van der Waals surface area contributed by atoms with Gasteiger partial charge in [0.25, 0.3) is 0 Å². The van der Waals surface area contributed by atoms with Gasteiger partial charge in [-0.3, -0.25) is 0 Å². The Labute approximate surface area is 111 Å². The maximum atomic E-state index is 12.7. The molecule has 0 amide bonds. The number of hydrogen-bond donors (Lipinski definition) is 3. The van der Waals surface area contributed by atoms with Crippen molar-refractivity contribution in [2.24, 2.45) is 33.6 Å². The predicted octanol–water partition coefficient (Wildman–Crippen LogP) is 2.18. The summed E-state index contributed by atoms with van der Waals surface area (Å²) in [5, 5.41) is 13.6. The van der Waals surface area contributed by atoms with Crippen molar-refractivity contribution in [3.8, 4) is 0 Å². The first-order chi connectivity index (χ1) is 8.46. The van der Waals surface area contributed by atoms with E-state index in [1.165, 1.54) is 0 Å². The van der Waals surface area contributed by atoms with Gasteiger partial charge in [0.15, 0.2) is 5.84 Å². The molecule has 0 bridgehead atoms. The maximum Gasteiger partial charge on any atom is 0.400 e. The van der Waals surface area contributed by atoms with Crippen molar-refractivity contribution in [1.82, 2.24) is 5.32 Å². The minimum absolute atomic E-state index is 0.115. The Morgan fingerprint density at radius 2 is 1.79 bits per heavy atom. The van der Waals surface area contributed by atoms with E-state index >= 15 is 0 Å². The van der Waals surface area contributed by atoms with E-state index in [4.69, 9.17) is 10.9 Å². The van der Waals surface area contributed by atoms with Crippen molar-refractivity contribution in [2.45, 2.75) is 33.9 Å². The molecule has 1 unspecified atom stereocenters. The van der Waals surface area contributed by atoms with Crippen molar-refractivity contribution in [3.05, 3.63) is 0 Å². The van der Waals surface area contributed by atoms with Crippen LogP contribution in [0.15, 0.2) is 5.16 Å². The molecule has 0 aromatic heterocycles. The van der Waals surface area contributed by atoms with Gasteiger partial charge in [-0.15, -0.1) is 0 Å². The monoisotopic (exact) mass is 281 g/mol. The molecular formula is C12H22F3N3O. The fraction of sp³-hybridized carbons (Fsp3) is 0.917. The maximum absolute atomic E-state index is 12.7. The molecule has 19 heavy (non-hydrogen) atoms. The first-order valence-electron chi connectivity index (χ1n) is 6.21. The third kappa shape index (κ3) is 2.96. The van der Waals surface area contributed by atoms with E-state index in [9.17, 15) is 13.2 Å². The topological polar surface area (TPSA) is 70.6 Å². The lowest BCUT2D eigenvalue weighted by Gasteiger charge is -2.19. The summed E-state index contributed by atoms with van der Waals surface area (Å²) < 4.78 is 38.1. The Morgan fingerprint density at radius 3 is 2.11 bits per heavy atom. The van der Waals surface area contributed by atoms with Crippen molar-refractivity contribution in [2.75, 3.05) is 13.1 Å². The number of rotatable bonds is 5. The Kier molecular flexibility index (Phi) is 4.10. The number of nitrogens with two attached hydrogens (primary N) is 1. The second kappa shape index (κ2) is 4.85. The van der Waals surface area contributed by atoms with Gasteiger partial charge >= 0.3 is 6.18 Å². The lowest BCUT2D eigenvalue weighted by molar-refractivity contribution is -0.154. The third-order valence-corrected chi connectivity index (χ3v) is 4.88. The first kappa shape index (κ1) is 16.1. The van der Waals surface area contributed by atoms with Gasteiger partial charge in [-0.25, -0.2) is 0 Å². The van der Waals surface area contributed by atoms with Crippen LogP contribution in [0.5, 0.6) is 0 Å². The molecule has 4 nitrogen and oxygen atoms in total. The summed E-state index contributed by atoms with van der Waals surface area (Å²) >= 11 is 0. The molecule has 0 saturated heterocycles. The number of alkyl halides is 3. The summed E-state index contributed by atoms with van der Waals surface area (Å²) in [6.45, 7) is 8.52. The third-order valence-electron chi connectivity index (χ3n) is 4.88. The molecule has 112 valence electrons. The van der Waals surface area contributed by atoms with Crippen molar-refractivity contribution >= 4 is 5.84 Å². The summed E-state index contributed by atoms with van der Waals surface area (Å²) in [6, 6.07) is 0. The SMILES string of the molecule is CC1(C)C(CNCC(C(N)=NO)C(F)(F)F)C1(C)C. The van der Waals surface area contributed by atoms with Crippen molar-refractivity contribution in [3.63, 3.8) is 0 Å². The summed E-state index contributed by atoms with van der Waals surface area (Å²) in [5.41, 5.74) is 5.31. The van der Waals surface area contributed by atoms with Crippen LogP contribution >= 0.6 is 0 Å². The highest BCUT2D eigenvalue weighted by Gasteiger charge is 2.63. The van der Waals surface area contributed by atoms with Crippen LogP contribution in [-0.2, 0) is 0 Å². The highest BCUT2D eigenvalue weighted by molar-refractivity contribution is 5.83. The number of oxime groups is 1. The number of nitrogens with one attached hydrogen (secondary N) is 1. The van der Waals surface area contributed by atoms with Gasteiger partial charge < -0.3 is 16.3 Å². The van der Waals surface area contributed by atoms with E-state index in [0.717, 1.165) is 0 Å². The molecule has 1 rings (SSSR count). The van der Waals surface area contributed by atoms with Crippen molar-refractivity contribution < 1.29 is 18.4 Å². The van der Waals surface area contributed by atoms with Gasteiger partial charge in [0, 0.05) is 6.54 Å². The Bertz CT molecular complexity index is 350. The molecule has 1 aliphatic carbocycles. The highest BCUT2D eigenvalue weighted by atomic mass is 19.4. The summed E-state index contributed by atoms with van der Waals surface area (Å²) in [6.07, 6.45) is -4.52. The fourth-order valence-corrected chi connectivity index (χ4v) is 2.67. The number of amidine groups is 1. The summed E-state index contributed by atoms with van der Waals surface area (Å²) in [5.74, 6) is -2.45. The van der Waals surface area contributed by atoms with Crippen molar-refractivity contribution in [1.29, 1.82) is 0 Å². The van der Waals surface area contributed by atoms with Crippen LogP contribution in [0.3, 0.4) is 0 Å². The first-order valence-corrected chi connectivity index (χ1v) is 6.21. The Hall–Kier alpha value is -0.980. The molecule has 0 aromatic rings.